The van der Waals surface area contributed by atoms with E-state index in [2.05, 4.69) is 4.90 Å². The lowest BCUT2D eigenvalue weighted by atomic mass is 10.1. The van der Waals surface area contributed by atoms with Gasteiger partial charge in [0, 0.05) is 43.1 Å². The van der Waals surface area contributed by atoms with Gasteiger partial charge in [-0.05, 0) is 24.1 Å². The first-order valence-electron chi connectivity index (χ1n) is 6.97. The molecule has 0 spiro atoms. The summed E-state index contributed by atoms with van der Waals surface area (Å²) in [5.41, 5.74) is 1.59. The molecule has 0 fully saturated rings. The van der Waals surface area contributed by atoms with Crippen molar-refractivity contribution in [2.45, 2.75) is 26.4 Å². The quantitative estimate of drug-likeness (QED) is 0.810. The summed E-state index contributed by atoms with van der Waals surface area (Å²) in [6, 6.07) is 5.54. The number of halogens is 2. The molecule has 3 rings (SSSR count). The minimum absolute atomic E-state index is 0.330. The van der Waals surface area contributed by atoms with Crippen LogP contribution in [0.2, 0.25) is 0 Å². The van der Waals surface area contributed by atoms with Crippen LogP contribution in [0, 0.1) is 11.6 Å². The zero-order chi connectivity index (χ0) is 15.7. The lowest BCUT2D eigenvalue weighted by Gasteiger charge is -2.26. The molecule has 0 radical (unpaired) electrons. The van der Waals surface area contributed by atoms with Crippen LogP contribution in [0.15, 0.2) is 24.3 Å². The van der Waals surface area contributed by atoms with Crippen LogP contribution in [-0.4, -0.2) is 17.4 Å². The Labute approximate surface area is 131 Å². The van der Waals surface area contributed by atoms with E-state index in [9.17, 15) is 13.6 Å². The van der Waals surface area contributed by atoms with Gasteiger partial charge >= 0.3 is 5.97 Å². The predicted octanol–water partition coefficient (Wildman–Crippen LogP) is 3.51. The second-order valence-electron chi connectivity index (χ2n) is 5.30. The van der Waals surface area contributed by atoms with Crippen LogP contribution < -0.4 is 4.74 Å². The van der Waals surface area contributed by atoms with Crippen molar-refractivity contribution in [2.75, 3.05) is 6.54 Å². The molecule has 1 aromatic heterocycles. The van der Waals surface area contributed by atoms with E-state index in [-0.39, 0.29) is 5.97 Å². The van der Waals surface area contributed by atoms with Gasteiger partial charge in [-0.25, -0.2) is 8.78 Å². The Morgan fingerprint density at radius 2 is 2.18 bits per heavy atom. The first-order valence-corrected chi connectivity index (χ1v) is 7.79. The zero-order valence-corrected chi connectivity index (χ0v) is 12.9. The number of nitrogens with zero attached hydrogens (tertiary/aromatic N) is 1. The summed E-state index contributed by atoms with van der Waals surface area (Å²) in [6.45, 7) is 3.28. The van der Waals surface area contributed by atoms with E-state index in [0.717, 1.165) is 24.6 Å². The summed E-state index contributed by atoms with van der Waals surface area (Å²) in [6.07, 6.45) is 0.837. The average molecular weight is 323 g/mol. The van der Waals surface area contributed by atoms with E-state index < -0.39 is 11.6 Å². The van der Waals surface area contributed by atoms with Crippen molar-refractivity contribution in [2.24, 2.45) is 0 Å². The van der Waals surface area contributed by atoms with Crippen LogP contribution in [0.5, 0.6) is 5.06 Å². The van der Waals surface area contributed by atoms with Crippen LogP contribution >= 0.6 is 11.3 Å². The fourth-order valence-electron chi connectivity index (χ4n) is 2.58. The number of fused-ring (bicyclic) bond motifs is 1. The molecule has 1 aliphatic rings. The molecule has 3 nitrogen and oxygen atoms in total. The van der Waals surface area contributed by atoms with Gasteiger partial charge in [-0.2, -0.15) is 0 Å². The topological polar surface area (TPSA) is 29.5 Å². The van der Waals surface area contributed by atoms with E-state index in [1.54, 1.807) is 0 Å². The second-order valence-corrected chi connectivity index (χ2v) is 6.40. The highest BCUT2D eigenvalue weighted by molar-refractivity contribution is 7.14. The summed E-state index contributed by atoms with van der Waals surface area (Å²) < 4.78 is 31.8. The monoisotopic (exact) mass is 323 g/mol. The molecular formula is C16H15F2NO2S. The molecule has 1 aliphatic heterocycles. The van der Waals surface area contributed by atoms with E-state index in [1.807, 2.05) is 6.07 Å². The third-order valence-corrected chi connectivity index (χ3v) is 4.69. The maximum absolute atomic E-state index is 13.7. The third-order valence-electron chi connectivity index (χ3n) is 3.58. The molecule has 0 aliphatic carbocycles. The molecule has 22 heavy (non-hydrogen) atoms. The van der Waals surface area contributed by atoms with Gasteiger partial charge < -0.3 is 4.74 Å². The molecule has 2 heterocycles. The van der Waals surface area contributed by atoms with Gasteiger partial charge in [0.2, 0.25) is 0 Å². The van der Waals surface area contributed by atoms with Crippen LogP contribution in [0.1, 0.15) is 22.9 Å². The van der Waals surface area contributed by atoms with E-state index in [4.69, 9.17) is 4.74 Å². The smallest absolute Gasteiger partial charge is 0.308 e. The fourth-order valence-corrected chi connectivity index (χ4v) is 3.63. The van der Waals surface area contributed by atoms with Crippen molar-refractivity contribution < 1.29 is 18.3 Å². The Balaban J connectivity index is 1.71. The van der Waals surface area contributed by atoms with Gasteiger partial charge in [-0.3, -0.25) is 9.69 Å². The molecule has 0 saturated carbocycles. The summed E-state index contributed by atoms with van der Waals surface area (Å²) in [5.74, 6) is -1.41. The first-order chi connectivity index (χ1) is 10.5. The number of carbonyl (C=O) groups excluding carboxylic acids is 1. The number of thiophene rings is 1. The Kier molecular flexibility index (Phi) is 4.22. The first kappa shape index (κ1) is 15.1. The fraction of sp³-hybridized carbons (Fsp3) is 0.312. The minimum Gasteiger partial charge on any atom is -0.416 e. The van der Waals surface area contributed by atoms with Gasteiger partial charge in [0.25, 0.3) is 0 Å². The third kappa shape index (κ3) is 3.34. The molecule has 0 unspecified atom stereocenters. The maximum Gasteiger partial charge on any atom is 0.308 e. The molecule has 6 heteroatoms. The molecule has 0 amide bonds. The van der Waals surface area contributed by atoms with Crippen molar-refractivity contribution in [3.63, 3.8) is 0 Å². The minimum atomic E-state index is -0.564. The largest absolute Gasteiger partial charge is 0.416 e. The Hall–Kier alpha value is -1.79. The highest BCUT2D eigenvalue weighted by atomic mass is 32.1. The molecule has 1 aromatic carbocycles. The normalized spacial score (nSPS) is 14.7. The Bertz CT molecular complexity index is 714. The average Bonchev–Trinajstić information content (AvgIpc) is 2.82. The van der Waals surface area contributed by atoms with Crippen molar-refractivity contribution in [1.29, 1.82) is 0 Å². The predicted molar refractivity (Wildman–Crippen MR) is 79.8 cm³/mol. The molecule has 0 atom stereocenters. The van der Waals surface area contributed by atoms with Crippen molar-refractivity contribution >= 4 is 17.3 Å². The van der Waals surface area contributed by atoms with Crippen LogP contribution in [-0.2, 0) is 24.3 Å². The number of ether oxygens (including phenoxy) is 1. The van der Waals surface area contributed by atoms with Gasteiger partial charge in [0.15, 0.2) is 5.06 Å². The van der Waals surface area contributed by atoms with Crippen molar-refractivity contribution in [1.82, 2.24) is 4.90 Å². The van der Waals surface area contributed by atoms with E-state index in [0.29, 0.717) is 23.7 Å². The standard InChI is InChI=1S/C16H15F2NO2S/c1-10(20)21-16-6-12-9-19(5-4-15(12)22-16)8-11-2-3-13(17)7-14(11)18/h2-3,6-7H,4-5,8-9H2,1H3. The second kappa shape index (κ2) is 6.14. The molecular weight excluding hydrogens is 308 g/mol. The highest BCUT2D eigenvalue weighted by Crippen LogP contribution is 2.33. The number of carbonyl (C=O) groups is 1. The summed E-state index contributed by atoms with van der Waals surface area (Å²) >= 11 is 1.48. The van der Waals surface area contributed by atoms with Gasteiger partial charge in [-0.1, -0.05) is 6.07 Å². The van der Waals surface area contributed by atoms with Gasteiger partial charge in [0.1, 0.15) is 11.6 Å². The maximum atomic E-state index is 13.7. The highest BCUT2D eigenvalue weighted by Gasteiger charge is 2.21. The number of esters is 1. The summed E-state index contributed by atoms with van der Waals surface area (Å²) in [4.78, 5) is 14.3. The number of benzene rings is 1. The lowest BCUT2D eigenvalue weighted by Crippen LogP contribution is -2.29. The van der Waals surface area contributed by atoms with Crippen LogP contribution in [0.4, 0.5) is 8.78 Å². The van der Waals surface area contributed by atoms with E-state index in [1.165, 1.54) is 35.3 Å². The Morgan fingerprint density at radius 3 is 2.91 bits per heavy atom. The van der Waals surface area contributed by atoms with Crippen LogP contribution in [0.25, 0.3) is 0 Å². The summed E-state index contributed by atoms with van der Waals surface area (Å²) in [5, 5.41) is 0.604. The van der Waals surface area contributed by atoms with Gasteiger partial charge in [0.05, 0.1) is 0 Å². The zero-order valence-electron chi connectivity index (χ0n) is 12.1. The number of hydrogen-bond acceptors (Lipinski definition) is 4. The van der Waals surface area contributed by atoms with Gasteiger partial charge in [-0.15, -0.1) is 11.3 Å². The molecule has 0 N–H and O–H groups in total. The Morgan fingerprint density at radius 1 is 1.36 bits per heavy atom. The molecule has 2 aromatic rings. The molecule has 0 saturated heterocycles. The lowest BCUT2D eigenvalue weighted by molar-refractivity contribution is -0.131. The molecule has 0 bridgehead atoms. The number of hydrogen-bond donors (Lipinski definition) is 0. The van der Waals surface area contributed by atoms with Crippen molar-refractivity contribution in [3.8, 4) is 5.06 Å². The van der Waals surface area contributed by atoms with Crippen molar-refractivity contribution in [3.05, 3.63) is 51.9 Å². The van der Waals surface area contributed by atoms with E-state index >= 15 is 0 Å². The number of rotatable bonds is 3. The van der Waals surface area contributed by atoms with Crippen LogP contribution in [0.3, 0.4) is 0 Å². The summed E-state index contributed by atoms with van der Waals surface area (Å²) in [7, 11) is 0. The SMILES string of the molecule is CC(=O)Oc1cc2c(s1)CCN(Cc1ccc(F)cc1F)C2. The molecule has 116 valence electrons.